The predicted octanol–water partition coefficient (Wildman–Crippen LogP) is 2.21. The van der Waals surface area contributed by atoms with Crippen molar-refractivity contribution in [1.29, 1.82) is 0 Å². The molecule has 1 aliphatic rings. The van der Waals surface area contributed by atoms with Gasteiger partial charge in [0.15, 0.2) is 5.54 Å². The van der Waals surface area contributed by atoms with Gasteiger partial charge in [-0.15, -0.1) is 11.3 Å². The van der Waals surface area contributed by atoms with Gasteiger partial charge >= 0.3 is 6.03 Å². The molecule has 9 heteroatoms. The molecule has 1 saturated heterocycles. The summed E-state index contributed by atoms with van der Waals surface area (Å²) in [7, 11) is 0. The van der Waals surface area contributed by atoms with Gasteiger partial charge in [-0.25, -0.2) is 4.79 Å². The van der Waals surface area contributed by atoms with Crippen molar-refractivity contribution in [2.75, 3.05) is 6.54 Å². The van der Waals surface area contributed by atoms with Gasteiger partial charge in [-0.3, -0.25) is 19.9 Å². The molecule has 1 aromatic carbocycles. The van der Waals surface area contributed by atoms with Crippen LogP contribution in [0.1, 0.15) is 10.4 Å². The van der Waals surface area contributed by atoms with E-state index in [9.17, 15) is 19.5 Å². The molecule has 4 rings (SSSR count). The number of carbonyl (C=O) groups excluding carboxylic acids is 3. The van der Waals surface area contributed by atoms with Crippen molar-refractivity contribution in [2.24, 2.45) is 0 Å². The molecule has 0 radical (unpaired) electrons. The highest BCUT2D eigenvalue weighted by Crippen LogP contribution is 2.36. The van der Waals surface area contributed by atoms with Crippen molar-refractivity contribution in [3.63, 3.8) is 0 Å². The predicted molar refractivity (Wildman–Crippen MR) is 110 cm³/mol. The van der Waals surface area contributed by atoms with Crippen molar-refractivity contribution in [1.82, 2.24) is 20.5 Å². The van der Waals surface area contributed by atoms with Crippen LogP contribution in [0.5, 0.6) is 5.75 Å². The smallest absolute Gasteiger partial charge is 0.322 e. The lowest BCUT2D eigenvalue weighted by molar-refractivity contribution is -0.127. The molecule has 152 valence electrons. The van der Waals surface area contributed by atoms with Crippen LogP contribution >= 0.6 is 11.3 Å². The van der Waals surface area contributed by atoms with Crippen LogP contribution in [0.3, 0.4) is 0 Å². The van der Waals surface area contributed by atoms with Crippen molar-refractivity contribution in [3.05, 3.63) is 71.2 Å². The van der Waals surface area contributed by atoms with E-state index in [2.05, 4.69) is 15.6 Å². The fourth-order valence-corrected chi connectivity index (χ4v) is 4.46. The Morgan fingerprint density at radius 1 is 1.10 bits per heavy atom. The molecule has 0 bridgehead atoms. The highest BCUT2D eigenvalue weighted by molar-refractivity contribution is 7.15. The molecular weight excluding hydrogens is 404 g/mol. The van der Waals surface area contributed by atoms with Crippen LogP contribution in [-0.2, 0) is 21.7 Å². The van der Waals surface area contributed by atoms with E-state index in [0.717, 1.165) is 16.1 Å². The summed E-state index contributed by atoms with van der Waals surface area (Å²) >= 11 is 1.33. The zero-order chi connectivity index (χ0) is 21.1. The number of aromatic nitrogens is 1. The van der Waals surface area contributed by atoms with Crippen molar-refractivity contribution >= 4 is 29.7 Å². The number of phenols is 1. The summed E-state index contributed by atoms with van der Waals surface area (Å²) in [6, 6.07) is 15.0. The standard InChI is InChI=1S/C21H18N4O4S/c26-13-25(11-14-4-6-15(27)7-5-14)12-21(19(28)23-20(29)24-21)18-9-8-17(30-18)16-3-1-2-10-22-16/h1-10,13,27H,11-12H2,(H2,23,24,28,29). The number of nitrogens with zero attached hydrogens (tertiary/aromatic N) is 2. The zero-order valence-corrected chi connectivity index (χ0v) is 16.6. The molecule has 1 unspecified atom stereocenters. The third-order valence-electron chi connectivity index (χ3n) is 4.80. The number of phenolic OH excluding ortho intramolecular Hbond substituents is 1. The average Bonchev–Trinajstić information content (AvgIpc) is 3.35. The van der Waals surface area contributed by atoms with Crippen LogP contribution in [0.4, 0.5) is 4.79 Å². The van der Waals surface area contributed by atoms with Crippen LogP contribution in [0.2, 0.25) is 0 Å². The maximum atomic E-state index is 12.8. The van der Waals surface area contributed by atoms with Gasteiger partial charge in [0.25, 0.3) is 5.91 Å². The lowest BCUT2D eigenvalue weighted by Crippen LogP contribution is -2.51. The zero-order valence-electron chi connectivity index (χ0n) is 15.7. The number of rotatable bonds is 7. The van der Waals surface area contributed by atoms with E-state index < -0.39 is 17.5 Å². The maximum absolute atomic E-state index is 12.8. The van der Waals surface area contributed by atoms with Crippen molar-refractivity contribution in [2.45, 2.75) is 12.1 Å². The van der Waals surface area contributed by atoms with E-state index in [4.69, 9.17) is 0 Å². The summed E-state index contributed by atoms with van der Waals surface area (Å²) < 4.78 is 0. The van der Waals surface area contributed by atoms with Gasteiger partial charge in [-0.05, 0) is 42.0 Å². The summed E-state index contributed by atoms with van der Waals surface area (Å²) in [4.78, 5) is 43.8. The molecule has 8 nitrogen and oxygen atoms in total. The highest BCUT2D eigenvalue weighted by Gasteiger charge is 2.50. The third-order valence-corrected chi connectivity index (χ3v) is 6.07. The summed E-state index contributed by atoms with van der Waals surface area (Å²) in [5.41, 5.74) is 0.136. The molecule has 0 saturated carbocycles. The first-order chi connectivity index (χ1) is 14.5. The minimum atomic E-state index is -1.40. The molecule has 1 atom stereocenters. The largest absolute Gasteiger partial charge is 0.508 e. The monoisotopic (exact) mass is 422 g/mol. The Kier molecular flexibility index (Phi) is 5.20. The number of pyridine rings is 1. The second-order valence-electron chi connectivity index (χ2n) is 6.87. The van der Waals surface area contributed by atoms with Gasteiger partial charge in [-0.1, -0.05) is 18.2 Å². The summed E-state index contributed by atoms with van der Waals surface area (Å²) in [6.45, 7) is 0.171. The number of carbonyl (C=O) groups is 3. The Morgan fingerprint density at radius 3 is 2.53 bits per heavy atom. The Bertz CT molecular complexity index is 1080. The Balaban J connectivity index is 1.65. The minimum Gasteiger partial charge on any atom is -0.508 e. The first-order valence-electron chi connectivity index (χ1n) is 9.13. The van der Waals surface area contributed by atoms with Gasteiger partial charge in [0.1, 0.15) is 5.75 Å². The van der Waals surface area contributed by atoms with E-state index in [0.29, 0.717) is 11.3 Å². The van der Waals surface area contributed by atoms with E-state index in [1.165, 1.54) is 28.4 Å². The van der Waals surface area contributed by atoms with Crippen LogP contribution in [0.15, 0.2) is 60.8 Å². The molecule has 2 aromatic heterocycles. The molecule has 3 N–H and O–H groups in total. The summed E-state index contributed by atoms with van der Waals surface area (Å²) in [5.74, 6) is -0.393. The molecule has 3 aromatic rings. The average molecular weight is 422 g/mol. The van der Waals surface area contributed by atoms with Gasteiger partial charge < -0.3 is 15.3 Å². The maximum Gasteiger partial charge on any atom is 0.322 e. The fraction of sp³-hybridized carbons (Fsp3) is 0.143. The Labute approximate surface area is 176 Å². The topological polar surface area (TPSA) is 112 Å². The molecule has 0 spiro atoms. The number of nitrogens with one attached hydrogen (secondary N) is 2. The second-order valence-corrected chi connectivity index (χ2v) is 7.95. The van der Waals surface area contributed by atoms with Crippen LogP contribution < -0.4 is 10.6 Å². The lowest BCUT2D eigenvalue weighted by atomic mass is 9.96. The highest BCUT2D eigenvalue weighted by atomic mass is 32.1. The Hall–Kier alpha value is -3.72. The molecule has 4 amide bonds. The number of urea groups is 1. The molecule has 30 heavy (non-hydrogen) atoms. The van der Waals surface area contributed by atoms with Crippen LogP contribution in [0, 0.1) is 0 Å². The first-order valence-corrected chi connectivity index (χ1v) is 9.94. The number of thiophene rings is 1. The van der Waals surface area contributed by atoms with Crippen LogP contribution in [0.25, 0.3) is 10.6 Å². The van der Waals surface area contributed by atoms with Crippen molar-refractivity contribution in [3.8, 4) is 16.3 Å². The molecule has 0 aliphatic carbocycles. The van der Waals surface area contributed by atoms with E-state index in [1.807, 2.05) is 24.3 Å². The van der Waals surface area contributed by atoms with E-state index in [-0.39, 0.29) is 18.8 Å². The number of hydrogen-bond donors (Lipinski definition) is 3. The fourth-order valence-electron chi connectivity index (χ4n) is 3.34. The first kappa shape index (κ1) is 19.6. The van der Waals surface area contributed by atoms with Crippen LogP contribution in [-0.4, -0.2) is 39.9 Å². The molecule has 3 heterocycles. The number of aromatic hydroxyl groups is 1. The third kappa shape index (κ3) is 3.74. The van der Waals surface area contributed by atoms with E-state index >= 15 is 0 Å². The van der Waals surface area contributed by atoms with Gasteiger partial charge in [0.05, 0.1) is 17.1 Å². The SMILES string of the molecule is O=CN(Cc1ccc(O)cc1)CC1(c2ccc(-c3ccccn3)s2)NC(=O)NC1=O. The molecule has 1 fully saturated rings. The normalized spacial score (nSPS) is 18.0. The number of benzene rings is 1. The second kappa shape index (κ2) is 7.96. The molecule has 1 aliphatic heterocycles. The lowest BCUT2D eigenvalue weighted by Gasteiger charge is -2.30. The van der Waals surface area contributed by atoms with Crippen molar-refractivity contribution < 1.29 is 19.5 Å². The summed E-state index contributed by atoms with van der Waals surface area (Å²) in [5, 5.41) is 14.4. The van der Waals surface area contributed by atoms with Gasteiger partial charge in [0, 0.05) is 17.6 Å². The number of imide groups is 1. The van der Waals surface area contributed by atoms with Gasteiger partial charge in [-0.2, -0.15) is 0 Å². The molecular formula is C21H18N4O4S. The van der Waals surface area contributed by atoms with Gasteiger partial charge in [0.2, 0.25) is 6.41 Å². The Morgan fingerprint density at radius 2 is 1.90 bits per heavy atom. The quantitative estimate of drug-likeness (QED) is 0.399. The minimum absolute atomic E-state index is 0.0445. The number of hydrogen-bond acceptors (Lipinski definition) is 6. The number of amides is 4. The summed E-state index contributed by atoms with van der Waals surface area (Å²) in [6.07, 6.45) is 2.32. The van der Waals surface area contributed by atoms with E-state index in [1.54, 1.807) is 24.4 Å².